The van der Waals surface area contributed by atoms with E-state index >= 15 is 0 Å². The Hall–Kier alpha value is -0.570. The fourth-order valence-corrected chi connectivity index (χ4v) is 2.66. The molecule has 1 aromatic heterocycles. The number of aliphatic hydroxyl groups is 1. The zero-order valence-corrected chi connectivity index (χ0v) is 8.75. The second-order valence-corrected chi connectivity index (χ2v) is 4.51. The number of aliphatic hydroxyl groups excluding tert-OH is 1. The fraction of sp³-hybridized carbons (Fsp3) is 0.200. The number of fused-ring (bicyclic) bond motifs is 1. The molecule has 1 N–H and O–H groups in total. The molecule has 68 valence electrons. The van der Waals surface area contributed by atoms with Crippen molar-refractivity contribution in [1.29, 1.82) is 0 Å². The second kappa shape index (κ2) is 3.29. The van der Waals surface area contributed by atoms with Crippen molar-refractivity contribution in [2.45, 2.75) is 13.5 Å². The molecule has 0 saturated carbocycles. The van der Waals surface area contributed by atoms with Crippen LogP contribution in [0.15, 0.2) is 18.2 Å². The van der Waals surface area contributed by atoms with Crippen LogP contribution in [0.2, 0.25) is 5.02 Å². The van der Waals surface area contributed by atoms with Crippen LogP contribution in [0.4, 0.5) is 0 Å². The van der Waals surface area contributed by atoms with Gasteiger partial charge in [-0.25, -0.2) is 0 Å². The molecule has 1 aromatic carbocycles. The lowest BCUT2D eigenvalue weighted by Crippen LogP contribution is -1.75. The van der Waals surface area contributed by atoms with E-state index in [0.717, 1.165) is 15.0 Å². The van der Waals surface area contributed by atoms with Crippen molar-refractivity contribution in [1.82, 2.24) is 0 Å². The maximum absolute atomic E-state index is 9.01. The minimum atomic E-state index is 0.0250. The lowest BCUT2D eigenvalue weighted by molar-refractivity contribution is 0.285. The molecule has 0 bridgehead atoms. The van der Waals surface area contributed by atoms with Gasteiger partial charge in [-0.3, -0.25) is 0 Å². The fourth-order valence-electron chi connectivity index (χ4n) is 1.33. The summed E-state index contributed by atoms with van der Waals surface area (Å²) >= 11 is 7.63. The number of rotatable bonds is 1. The van der Waals surface area contributed by atoms with E-state index in [4.69, 9.17) is 16.7 Å². The predicted octanol–water partition coefficient (Wildman–Crippen LogP) is 3.36. The Kier molecular flexibility index (Phi) is 2.28. The zero-order chi connectivity index (χ0) is 9.42. The Balaban J connectivity index is 2.77. The molecule has 0 aliphatic rings. The summed E-state index contributed by atoms with van der Waals surface area (Å²) in [6.45, 7) is 2.06. The number of hydrogen-bond acceptors (Lipinski definition) is 2. The molecule has 0 spiro atoms. The summed E-state index contributed by atoms with van der Waals surface area (Å²) in [5.41, 5.74) is 1.19. The third kappa shape index (κ3) is 1.46. The second-order valence-electron chi connectivity index (χ2n) is 3.00. The van der Waals surface area contributed by atoms with Crippen LogP contribution in [-0.2, 0) is 6.61 Å². The highest BCUT2D eigenvalue weighted by atomic mass is 35.5. The topological polar surface area (TPSA) is 20.2 Å². The first-order chi connectivity index (χ1) is 6.22. The first-order valence-corrected chi connectivity index (χ1v) is 5.20. The van der Waals surface area contributed by atoms with Crippen molar-refractivity contribution in [3.05, 3.63) is 33.7 Å². The molecule has 1 nitrogen and oxygen atoms in total. The SMILES string of the molecule is Cc1ccc2sc(CO)c(Cl)c2c1. The van der Waals surface area contributed by atoms with Gasteiger partial charge in [0.25, 0.3) is 0 Å². The first-order valence-electron chi connectivity index (χ1n) is 4.01. The van der Waals surface area contributed by atoms with E-state index in [9.17, 15) is 0 Å². The standard InChI is InChI=1S/C10H9ClOS/c1-6-2-3-8-7(4-6)10(11)9(5-12)13-8/h2-4,12H,5H2,1H3. The lowest BCUT2D eigenvalue weighted by Gasteiger charge is -1.92. The normalized spacial score (nSPS) is 11.0. The third-order valence-electron chi connectivity index (χ3n) is 1.99. The summed E-state index contributed by atoms with van der Waals surface area (Å²) in [7, 11) is 0. The summed E-state index contributed by atoms with van der Waals surface area (Å²) in [5.74, 6) is 0. The van der Waals surface area contributed by atoms with Gasteiger partial charge in [0.2, 0.25) is 0 Å². The average Bonchev–Trinajstić information content (AvgIpc) is 2.44. The smallest absolute Gasteiger partial charge is 0.0789 e. The summed E-state index contributed by atoms with van der Waals surface area (Å²) in [5, 5.41) is 10.8. The zero-order valence-electron chi connectivity index (χ0n) is 7.17. The molecule has 0 amide bonds. The van der Waals surface area contributed by atoms with E-state index in [2.05, 4.69) is 6.07 Å². The first kappa shape index (κ1) is 9.00. The van der Waals surface area contributed by atoms with Crippen molar-refractivity contribution in [2.75, 3.05) is 0 Å². The van der Waals surface area contributed by atoms with Gasteiger partial charge >= 0.3 is 0 Å². The van der Waals surface area contributed by atoms with Gasteiger partial charge in [-0.05, 0) is 19.1 Å². The van der Waals surface area contributed by atoms with Gasteiger partial charge in [-0.1, -0.05) is 23.2 Å². The Labute approximate surface area is 85.6 Å². The maximum Gasteiger partial charge on any atom is 0.0789 e. The van der Waals surface area contributed by atoms with Crippen molar-refractivity contribution in [3.63, 3.8) is 0 Å². The lowest BCUT2D eigenvalue weighted by atomic mass is 10.2. The Morgan fingerprint density at radius 1 is 1.46 bits per heavy atom. The number of thiophene rings is 1. The van der Waals surface area contributed by atoms with Crippen LogP contribution in [0.3, 0.4) is 0 Å². The van der Waals surface area contributed by atoms with E-state index in [1.54, 1.807) is 11.3 Å². The Morgan fingerprint density at radius 3 is 2.92 bits per heavy atom. The summed E-state index contributed by atoms with van der Waals surface area (Å²) in [6.07, 6.45) is 0. The third-order valence-corrected chi connectivity index (χ3v) is 3.69. The van der Waals surface area contributed by atoms with Gasteiger partial charge in [0.05, 0.1) is 11.6 Å². The molecule has 3 heteroatoms. The molecule has 0 unspecified atom stereocenters. The minimum Gasteiger partial charge on any atom is -0.391 e. The van der Waals surface area contributed by atoms with Gasteiger partial charge in [0, 0.05) is 15.0 Å². The molecule has 0 aliphatic carbocycles. The number of benzene rings is 1. The van der Waals surface area contributed by atoms with Crippen molar-refractivity contribution in [2.24, 2.45) is 0 Å². The van der Waals surface area contributed by atoms with Crippen LogP contribution in [0.1, 0.15) is 10.4 Å². The van der Waals surface area contributed by atoms with Crippen LogP contribution >= 0.6 is 22.9 Å². The van der Waals surface area contributed by atoms with Crippen molar-refractivity contribution in [3.8, 4) is 0 Å². The van der Waals surface area contributed by atoms with Crippen molar-refractivity contribution < 1.29 is 5.11 Å². The monoisotopic (exact) mass is 212 g/mol. The minimum absolute atomic E-state index is 0.0250. The van der Waals surface area contributed by atoms with Gasteiger partial charge in [0.1, 0.15) is 0 Å². The molecule has 0 fully saturated rings. The summed E-state index contributed by atoms with van der Waals surface area (Å²) in [6, 6.07) is 6.14. The van der Waals surface area contributed by atoms with Gasteiger partial charge in [-0.15, -0.1) is 11.3 Å². The predicted molar refractivity (Wildman–Crippen MR) is 57.5 cm³/mol. The van der Waals surface area contributed by atoms with Crippen molar-refractivity contribution >= 4 is 33.0 Å². The Bertz CT molecular complexity index is 447. The molecule has 0 radical (unpaired) electrons. The van der Waals surface area contributed by atoms with Crippen LogP contribution in [0.25, 0.3) is 10.1 Å². The number of aryl methyl sites for hydroxylation is 1. The Morgan fingerprint density at radius 2 is 2.23 bits per heavy atom. The number of hydrogen-bond donors (Lipinski definition) is 1. The maximum atomic E-state index is 9.01. The molecular weight excluding hydrogens is 204 g/mol. The molecule has 0 atom stereocenters. The average molecular weight is 213 g/mol. The molecule has 0 saturated heterocycles. The highest BCUT2D eigenvalue weighted by Crippen LogP contribution is 2.35. The molecule has 13 heavy (non-hydrogen) atoms. The van der Waals surface area contributed by atoms with Crippen LogP contribution in [0.5, 0.6) is 0 Å². The quantitative estimate of drug-likeness (QED) is 0.769. The largest absolute Gasteiger partial charge is 0.391 e. The van der Waals surface area contributed by atoms with E-state index < -0.39 is 0 Å². The number of halogens is 1. The summed E-state index contributed by atoms with van der Waals surface area (Å²) in [4.78, 5) is 0.849. The van der Waals surface area contributed by atoms with Crippen LogP contribution in [0, 0.1) is 6.92 Å². The van der Waals surface area contributed by atoms with E-state index in [1.807, 2.05) is 19.1 Å². The van der Waals surface area contributed by atoms with E-state index in [1.165, 1.54) is 5.56 Å². The van der Waals surface area contributed by atoms with Gasteiger partial charge in [0.15, 0.2) is 0 Å². The highest BCUT2D eigenvalue weighted by molar-refractivity contribution is 7.19. The highest BCUT2D eigenvalue weighted by Gasteiger charge is 2.08. The molecule has 1 heterocycles. The summed E-state index contributed by atoms with van der Waals surface area (Å²) < 4.78 is 1.14. The van der Waals surface area contributed by atoms with Crippen LogP contribution < -0.4 is 0 Å². The molecule has 2 rings (SSSR count). The molecular formula is C10H9ClOS. The molecule has 0 aliphatic heterocycles. The molecule has 2 aromatic rings. The van der Waals surface area contributed by atoms with E-state index in [0.29, 0.717) is 5.02 Å². The van der Waals surface area contributed by atoms with Gasteiger partial charge < -0.3 is 5.11 Å². The van der Waals surface area contributed by atoms with Gasteiger partial charge in [-0.2, -0.15) is 0 Å². The van der Waals surface area contributed by atoms with E-state index in [-0.39, 0.29) is 6.61 Å². The van der Waals surface area contributed by atoms with Crippen LogP contribution in [-0.4, -0.2) is 5.11 Å².